The number of hydrogen-bond acceptors (Lipinski definition) is 3. The fraction of sp³-hybridized carbons (Fsp3) is 0.364. The van der Waals surface area contributed by atoms with Crippen LogP contribution in [0.5, 0.6) is 0 Å². The van der Waals surface area contributed by atoms with Gasteiger partial charge in [-0.15, -0.1) is 0 Å². The molecule has 3 nitrogen and oxygen atoms in total. The molecule has 86 valence electrons. The molecule has 3 N–H and O–H groups in total. The monoisotopic (exact) mass is 256 g/mol. The maximum absolute atomic E-state index is 11.9. The first kappa shape index (κ1) is 11.6. The minimum absolute atomic E-state index is 0.0394. The van der Waals surface area contributed by atoms with Crippen molar-refractivity contribution >= 4 is 40.6 Å². The van der Waals surface area contributed by atoms with Gasteiger partial charge in [-0.3, -0.25) is 4.79 Å². The van der Waals surface area contributed by atoms with Crippen molar-refractivity contribution < 1.29 is 4.79 Å². The normalized spacial score (nSPS) is 19.7. The Hall–Kier alpha value is -0.870. The minimum Gasteiger partial charge on any atom is -0.399 e. The van der Waals surface area contributed by atoms with E-state index >= 15 is 0 Å². The Morgan fingerprint density at radius 3 is 3.06 bits per heavy atom. The van der Waals surface area contributed by atoms with E-state index < -0.39 is 0 Å². The summed E-state index contributed by atoms with van der Waals surface area (Å²) < 4.78 is 0. The van der Waals surface area contributed by atoms with Crippen molar-refractivity contribution in [1.82, 2.24) is 0 Å². The Kier molecular flexibility index (Phi) is 3.61. The van der Waals surface area contributed by atoms with Gasteiger partial charge in [-0.05, 0) is 30.4 Å². The van der Waals surface area contributed by atoms with Gasteiger partial charge < -0.3 is 11.1 Å². The molecule has 0 saturated carbocycles. The van der Waals surface area contributed by atoms with E-state index in [1.807, 2.05) is 11.8 Å². The number of thioether (sulfide) groups is 1. The van der Waals surface area contributed by atoms with Gasteiger partial charge in [-0.1, -0.05) is 11.6 Å². The largest absolute Gasteiger partial charge is 0.399 e. The summed E-state index contributed by atoms with van der Waals surface area (Å²) in [6, 6.07) is 5.08. The highest BCUT2D eigenvalue weighted by molar-refractivity contribution is 7.99. The first-order valence-electron chi connectivity index (χ1n) is 5.10. The van der Waals surface area contributed by atoms with Gasteiger partial charge in [0.1, 0.15) is 0 Å². The average molecular weight is 257 g/mol. The molecule has 1 aliphatic heterocycles. The lowest BCUT2D eigenvalue weighted by Gasteiger charge is -2.11. The van der Waals surface area contributed by atoms with Gasteiger partial charge in [-0.2, -0.15) is 11.8 Å². The molecule has 5 heteroatoms. The van der Waals surface area contributed by atoms with E-state index in [0.29, 0.717) is 16.4 Å². The van der Waals surface area contributed by atoms with Crippen molar-refractivity contribution in [2.75, 3.05) is 22.6 Å². The summed E-state index contributed by atoms with van der Waals surface area (Å²) in [4.78, 5) is 11.9. The highest BCUT2D eigenvalue weighted by Gasteiger charge is 2.23. The summed E-state index contributed by atoms with van der Waals surface area (Å²) in [6.45, 7) is 0. The molecule has 1 aromatic rings. The Balaban J connectivity index is 2.07. The van der Waals surface area contributed by atoms with Crippen molar-refractivity contribution in [3.8, 4) is 0 Å². The highest BCUT2D eigenvalue weighted by Crippen LogP contribution is 2.28. The Labute approximate surface area is 104 Å². The average Bonchev–Trinajstić information content (AvgIpc) is 2.76. The lowest BCUT2D eigenvalue weighted by molar-refractivity contribution is -0.119. The molecule has 1 unspecified atom stereocenters. The molecule has 0 spiro atoms. The second-order valence-electron chi connectivity index (χ2n) is 3.79. The lowest BCUT2D eigenvalue weighted by atomic mass is 10.1. The molecule has 1 aromatic carbocycles. The summed E-state index contributed by atoms with van der Waals surface area (Å²) in [5, 5.41) is 3.35. The molecule has 0 bridgehead atoms. The number of nitrogens with one attached hydrogen (secondary N) is 1. The standard InChI is InChI=1S/C11H13ClN2OS/c12-9-2-1-8(13)5-10(9)14-11(15)7-3-4-16-6-7/h1-2,5,7H,3-4,6,13H2,(H,14,15). The van der Waals surface area contributed by atoms with E-state index in [4.69, 9.17) is 17.3 Å². The third-order valence-corrected chi connectivity index (χ3v) is 4.04. The van der Waals surface area contributed by atoms with Crippen LogP contribution in [0.15, 0.2) is 18.2 Å². The first-order valence-corrected chi connectivity index (χ1v) is 6.64. The summed E-state index contributed by atoms with van der Waals surface area (Å²) in [7, 11) is 0. The fourth-order valence-electron chi connectivity index (χ4n) is 1.61. The van der Waals surface area contributed by atoms with Crippen LogP contribution in [-0.4, -0.2) is 17.4 Å². The van der Waals surface area contributed by atoms with Crippen molar-refractivity contribution in [2.45, 2.75) is 6.42 Å². The highest BCUT2D eigenvalue weighted by atomic mass is 35.5. The molecular formula is C11H13ClN2OS. The van der Waals surface area contributed by atoms with Gasteiger partial charge in [0.15, 0.2) is 0 Å². The van der Waals surface area contributed by atoms with Crippen LogP contribution in [0, 0.1) is 5.92 Å². The van der Waals surface area contributed by atoms with Crippen LogP contribution in [-0.2, 0) is 4.79 Å². The van der Waals surface area contributed by atoms with E-state index in [1.54, 1.807) is 18.2 Å². The molecule has 1 amide bonds. The number of benzene rings is 1. The third-order valence-electron chi connectivity index (χ3n) is 2.55. The van der Waals surface area contributed by atoms with Crippen LogP contribution in [0.2, 0.25) is 5.02 Å². The zero-order chi connectivity index (χ0) is 11.5. The molecule has 16 heavy (non-hydrogen) atoms. The summed E-state index contributed by atoms with van der Waals surface area (Å²) >= 11 is 7.78. The fourth-order valence-corrected chi connectivity index (χ4v) is 3.00. The van der Waals surface area contributed by atoms with Gasteiger partial charge in [0, 0.05) is 17.4 Å². The number of carbonyl (C=O) groups is 1. The van der Waals surface area contributed by atoms with E-state index in [0.717, 1.165) is 17.9 Å². The number of anilines is 2. The van der Waals surface area contributed by atoms with Crippen molar-refractivity contribution in [2.24, 2.45) is 5.92 Å². The topological polar surface area (TPSA) is 55.1 Å². The van der Waals surface area contributed by atoms with Gasteiger partial charge in [0.25, 0.3) is 0 Å². The van der Waals surface area contributed by atoms with Gasteiger partial charge in [0.05, 0.1) is 10.7 Å². The lowest BCUT2D eigenvalue weighted by Crippen LogP contribution is -2.22. The second kappa shape index (κ2) is 4.97. The quantitative estimate of drug-likeness (QED) is 0.800. The van der Waals surface area contributed by atoms with Crippen LogP contribution in [0.3, 0.4) is 0 Å². The van der Waals surface area contributed by atoms with E-state index in [-0.39, 0.29) is 11.8 Å². The molecule has 0 aliphatic carbocycles. The molecule has 1 saturated heterocycles. The zero-order valence-electron chi connectivity index (χ0n) is 8.70. The smallest absolute Gasteiger partial charge is 0.228 e. The summed E-state index contributed by atoms with van der Waals surface area (Å²) in [6.07, 6.45) is 0.941. The minimum atomic E-state index is 0.0394. The van der Waals surface area contributed by atoms with Gasteiger partial charge in [0.2, 0.25) is 5.91 Å². The number of halogens is 1. The van der Waals surface area contributed by atoms with E-state index in [9.17, 15) is 4.79 Å². The van der Waals surface area contributed by atoms with Gasteiger partial charge in [-0.25, -0.2) is 0 Å². The van der Waals surface area contributed by atoms with Crippen LogP contribution in [0.1, 0.15) is 6.42 Å². The molecule has 0 radical (unpaired) electrons. The number of rotatable bonds is 2. The van der Waals surface area contributed by atoms with E-state index in [1.165, 1.54) is 0 Å². The summed E-state index contributed by atoms with van der Waals surface area (Å²) in [5.41, 5.74) is 6.84. The molecule has 0 aromatic heterocycles. The zero-order valence-corrected chi connectivity index (χ0v) is 10.3. The maximum Gasteiger partial charge on any atom is 0.228 e. The number of amides is 1. The van der Waals surface area contributed by atoms with Crippen LogP contribution >= 0.6 is 23.4 Å². The van der Waals surface area contributed by atoms with E-state index in [2.05, 4.69) is 5.32 Å². The van der Waals surface area contributed by atoms with Crippen LogP contribution in [0.4, 0.5) is 11.4 Å². The molecule has 1 aliphatic rings. The predicted octanol–water partition coefficient (Wildman–Crippen LogP) is 2.61. The predicted molar refractivity (Wildman–Crippen MR) is 69.9 cm³/mol. The van der Waals surface area contributed by atoms with Gasteiger partial charge >= 0.3 is 0 Å². The number of carbonyl (C=O) groups excluding carboxylic acids is 1. The number of nitrogens with two attached hydrogens (primary N) is 1. The number of nitrogen functional groups attached to an aromatic ring is 1. The number of hydrogen-bond donors (Lipinski definition) is 2. The Morgan fingerprint density at radius 2 is 2.38 bits per heavy atom. The molecule has 2 rings (SSSR count). The first-order chi connectivity index (χ1) is 7.66. The Bertz CT molecular complexity index is 405. The SMILES string of the molecule is Nc1ccc(Cl)c(NC(=O)C2CCSC2)c1. The van der Waals surface area contributed by atoms with Crippen LogP contribution < -0.4 is 11.1 Å². The third kappa shape index (κ3) is 2.62. The van der Waals surface area contributed by atoms with Crippen molar-refractivity contribution in [1.29, 1.82) is 0 Å². The Morgan fingerprint density at radius 1 is 1.56 bits per heavy atom. The molecule has 1 atom stereocenters. The summed E-state index contributed by atoms with van der Waals surface area (Å²) in [5.74, 6) is 2.09. The molecular weight excluding hydrogens is 244 g/mol. The van der Waals surface area contributed by atoms with Crippen molar-refractivity contribution in [3.63, 3.8) is 0 Å². The molecule has 1 fully saturated rings. The molecule has 1 heterocycles. The van der Waals surface area contributed by atoms with Crippen molar-refractivity contribution in [3.05, 3.63) is 23.2 Å². The second-order valence-corrected chi connectivity index (χ2v) is 5.35. The maximum atomic E-state index is 11.9. The van der Waals surface area contributed by atoms with Crippen LogP contribution in [0.25, 0.3) is 0 Å².